The highest BCUT2D eigenvalue weighted by Crippen LogP contribution is 2.28. The van der Waals surface area contributed by atoms with Crippen LogP contribution in [0.5, 0.6) is 0 Å². The molecule has 0 unspecified atom stereocenters. The summed E-state index contributed by atoms with van der Waals surface area (Å²) < 4.78 is 0. The van der Waals surface area contributed by atoms with E-state index >= 15 is 0 Å². The molecule has 3 heterocycles. The molecule has 2 saturated heterocycles. The van der Waals surface area contributed by atoms with Crippen molar-refractivity contribution in [2.24, 2.45) is 5.92 Å². The van der Waals surface area contributed by atoms with E-state index in [1.54, 1.807) is 11.3 Å². The fourth-order valence-electron chi connectivity index (χ4n) is 4.29. The minimum Gasteiger partial charge on any atom is -0.481 e. The van der Waals surface area contributed by atoms with Gasteiger partial charge in [0.2, 0.25) is 0 Å². The molecule has 0 aromatic carbocycles. The summed E-state index contributed by atoms with van der Waals surface area (Å²) in [6.45, 7) is 7.70. The third-order valence-electron chi connectivity index (χ3n) is 5.97. The van der Waals surface area contributed by atoms with Crippen LogP contribution < -0.4 is 0 Å². The molecule has 1 aromatic rings. The SMILES string of the molecule is CCc1cc(C(=O)N2CC[C@@H](N3CCN(C)CC3)[C@@H](CCC(=O)O)C2)cs1. The van der Waals surface area contributed by atoms with Gasteiger partial charge in [-0.15, -0.1) is 11.3 Å². The van der Waals surface area contributed by atoms with E-state index in [-0.39, 0.29) is 18.2 Å². The van der Waals surface area contributed by atoms with Gasteiger partial charge in [0, 0.05) is 62.0 Å². The van der Waals surface area contributed by atoms with Gasteiger partial charge in [-0.05, 0) is 38.3 Å². The second-order valence-electron chi connectivity index (χ2n) is 7.79. The lowest BCUT2D eigenvalue weighted by molar-refractivity contribution is -0.137. The van der Waals surface area contributed by atoms with E-state index in [4.69, 9.17) is 5.11 Å². The quantitative estimate of drug-likeness (QED) is 0.803. The molecule has 0 bridgehead atoms. The Balaban J connectivity index is 1.68. The zero-order valence-electron chi connectivity index (χ0n) is 16.4. The van der Waals surface area contributed by atoms with Crippen molar-refractivity contribution in [3.63, 3.8) is 0 Å². The third kappa shape index (κ3) is 5.09. The van der Waals surface area contributed by atoms with Crippen molar-refractivity contribution in [1.29, 1.82) is 0 Å². The fourth-order valence-corrected chi connectivity index (χ4v) is 5.10. The maximum atomic E-state index is 12.9. The van der Waals surface area contributed by atoms with Crippen molar-refractivity contribution in [3.05, 3.63) is 21.9 Å². The van der Waals surface area contributed by atoms with Crippen molar-refractivity contribution >= 4 is 23.2 Å². The summed E-state index contributed by atoms with van der Waals surface area (Å²) >= 11 is 1.64. The van der Waals surface area contributed by atoms with Gasteiger partial charge in [-0.3, -0.25) is 14.5 Å². The largest absolute Gasteiger partial charge is 0.481 e. The predicted octanol–water partition coefficient (Wildman–Crippen LogP) is 2.25. The first-order chi connectivity index (χ1) is 13.0. The lowest BCUT2D eigenvalue weighted by Crippen LogP contribution is -2.57. The summed E-state index contributed by atoms with van der Waals surface area (Å²) in [5.41, 5.74) is 0.784. The molecule has 2 atom stereocenters. The van der Waals surface area contributed by atoms with Gasteiger partial charge in [-0.25, -0.2) is 0 Å². The third-order valence-corrected chi connectivity index (χ3v) is 7.05. The van der Waals surface area contributed by atoms with Crippen molar-refractivity contribution in [3.8, 4) is 0 Å². The molecule has 2 aliphatic rings. The predicted molar refractivity (Wildman–Crippen MR) is 107 cm³/mol. The van der Waals surface area contributed by atoms with Gasteiger partial charge in [-0.1, -0.05) is 6.92 Å². The van der Waals surface area contributed by atoms with Gasteiger partial charge in [0.1, 0.15) is 0 Å². The summed E-state index contributed by atoms with van der Waals surface area (Å²) in [7, 11) is 2.14. The normalized spacial score (nSPS) is 24.9. The first-order valence-electron chi connectivity index (χ1n) is 9.99. The molecule has 1 amide bonds. The molecule has 0 radical (unpaired) electrons. The Morgan fingerprint density at radius 3 is 2.59 bits per heavy atom. The number of nitrogens with zero attached hydrogens (tertiary/aromatic N) is 3. The number of amides is 1. The Hall–Kier alpha value is -1.44. The molecular weight excluding hydrogens is 362 g/mol. The first kappa shape index (κ1) is 20.3. The maximum absolute atomic E-state index is 12.9. The number of piperidine rings is 1. The lowest BCUT2D eigenvalue weighted by atomic mass is 9.86. The zero-order chi connectivity index (χ0) is 19.4. The van der Waals surface area contributed by atoms with E-state index < -0.39 is 5.97 Å². The van der Waals surface area contributed by atoms with Gasteiger partial charge >= 0.3 is 5.97 Å². The molecule has 3 rings (SSSR count). The van der Waals surface area contributed by atoms with Crippen LogP contribution in [0.15, 0.2) is 11.4 Å². The second kappa shape index (κ2) is 9.17. The van der Waals surface area contributed by atoms with Gasteiger partial charge < -0.3 is 14.9 Å². The molecule has 7 heteroatoms. The minimum absolute atomic E-state index is 0.100. The molecule has 0 aliphatic carbocycles. The summed E-state index contributed by atoms with van der Waals surface area (Å²) in [6.07, 6.45) is 2.70. The van der Waals surface area contributed by atoms with Crippen LogP contribution >= 0.6 is 11.3 Å². The molecule has 6 nitrogen and oxygen atoms in total. The van der Waals surface area contributed by atoms with Crippen LogP contribution in [0.3, 0.4) is 0 Å². The Morgan fingerprint density at radius 1 is 1.22 bits per heavy atom. The fraction of sp³-hybridized carbons (Fsp3) is 0.700. The van der Waals surface area contributed by atoms with Gasteiger partial charge in [0.05, 0.1) is 5.56 Å². The summed E-state index contributed by atoms with van der Waals surface area (Å²) in [6, 6.07) is 2.39. The Bertz CT molecular complexity index is 655. The number of carboxylic acids is 1. The van der Waals surface area contributed by atoms with Crippen LogP contribution in [0.2, 0.25) is 0 Å². The van der Waals surface area contributed by atoms with Crippen LogP contribution in [0, 0.1) is 5.92 Å². The monoisotopic (exact) mass is 393 g/mol. The van der Waals surface area contributed by atoms with Gasteiger partial charge in [-0.2, -0.15) is 0 Å². The highest BCUT2D eigenvalue weighted by molar-refractivity contribution is 7.10. The number of piperazine rings is 1. The van der Waals surface area contributed by atoms with E-state index in [0.29, 0.717) is 19.0 Å². The highest BCUT2D eigenvalue weighted by atomic mass is 32.1. The van der Waals surface area contributed by atoms with E-state index in [1.165, 1.54) is 4.88 Å². The maximum Gasteiger partial charge on any atom is 0.303 e. The van der Waals surface area contributed by atoms with E-state index in [0.717, 1.165) is 51.1 Å². The number of aliphatic carboxylic acids is 1. The van der Waals surface area contributed by atoms with Gasteiger partial charge in [0.25, 0.3) is 5.91 Å². The van der Waals surface area contributed by atoms with Crippen LogP contribution in [-0.4, -0.2) is 84.0 Å². The molecule has 2 fully saturated rings. The number of hydrogen-bond acceptors (Lipinski definition) is 5. The molecule has 1 N–H and O–H groups in total. The first-order valence-corrected chi connectivity index (χ1v) is 10.9. The number of aryl methyl sites for hydroxylation is 1. The number of carbonyl (C=O) groups is 2. The lowest BCUT2D eigenvalue weighted by Gasteiger charge is -2.46. The smallest absolute Gasteiger partial charge is 0.303 e. The Morgan fingerprint density at radius 2 is 1.96 bits per heavy atom. The molecule has 27 heavy (non-hydrogen) atoms. The van der Waals surface area contributed by atoms with Crippen LogP contribution in [0.25, 0.3) is 0 Å². The highest BCUT2D eigenvalue weighted by Gasteiger charge is 2.36. The minimum atomic E-state index is -0.749. The average molecular weight is 394 g/mol. The number of likely N-dealkylation sites (tertiary alicyclic amines) is 1. The number of hydrogen-bond donors (Lipinski definition) is 1. The topological polar surface area (TPSA) is 64.1 Å². The molecule has 1 aromatic heterocycles. The molecular formula is C20H31N3O3S. The number of rotatable bonds is 6. The van der Waals surface area contributed by atoms with Crippen molar-refractivity contribution in [2.45, 2.75) is 38.6 Å². The standard InChI is InChI=1S/C20H31N3O3S/c1-3-17-12-16(14-27-17)20(26)23-7-6-18(15(13-23)4-5-19(24)25)22-10-8-21(2)9-11-22/h12,14-15,18H,3-11,13H2,1-2H3,(H,24,25)/t15-,18+/m0/s1. The van der Waals surface area contributed by atoms with Gasteiger partial charge in [0.15, 0.2) is 0 Å². The second-order valence-corrected chi connectivity index (χ2v) is 8.79. The molecule has 0 saturated carbocycles. The molecule has 2 aliphatic heterocycles. The number of carbonyl (C=O) groups excluding carboxylic acids is 1. The van der Waals surface area contributed by atoms with E-state index in [1.807, 2.05) is 16.3 Å². The number of thiophene rings is 1. The Kier molecular flexibility index (Phi) is 6.89. The summed E-state index contributed by atoms with van der Waals surface area (Å²) in [5.74, 6) is -0.421. The number of carboxylic acid groups (broad SMARTS) is 1. The summed E-state index contributed by atoms with van der Waals surface area (Å²) in [5, 5.41) is 11.1. The van der Waals surface area contributed by atoms with E-state index in [2.05, 4.69) is 23.8 Å². The molecule has 0 spiro atoms. The number of likely N-dealkylation sites (N-methyl/N-ethyl adjacent to an activating group) is 1. The summed E-state index contributed by atoms with van der Waals surface area (Å²) in [4.78, 5) is 32.1. The Labute approximate surface area is 165 Å². The van der Waals surface area contributed by atoms with Crippen LogP contribution in [0.1, 0.15) is 41.4 Å². The van der Waals surface area contributed by atoms with Crippen molar-refractivity contribution < 1.29 is 14.7 Å². The van der Waals surface area contributed by atoms with Crippen molar-refractivity contribution in [2.75, 3.05) is 46.3 Å². The zero-order valence-corrected chi connectivity index (χ0v) is 17.2. The average Bonchev–Trinajstić information content (AvgIpc) is 3.15. The van der Waals surface area contributed by atoms with Crippen LogP contribution in [0.4, 0.5) is 0 Å². The molecule has 150 valence electrons. The van der Waals surface area contributed by atoms with Crippen molar-refractivity contribution in [1.82, 2.24) is 14.7 Å². The van der Waals surface area contributed by atoms with Crippen LogP contribution in [-0.2, 0) is 11.2 Å². The van der Waals surface area contributed by atoms with E-state index in [9.17, 15) is 9.59 Å².